The van der Waals surface area contributed by atoms with Gasteiger partial charge in [-0.1, -0.05) is 13.3 Å². The fraction of sp³-hybridized carbons (Fsp3) is 0.545. The van der Waals surface area contributed by atoms with Crippen molar-refractivity contribution in [3.63, 3.8) is 0 Å². The lowest BCUT2D eigenvalue weighted by atomic mass is 9.97. The summed E-state index contributed by atoms with van der Waals surface area (Å²) in [6.07, 6.45) is -1.78. The number of nitrogens with zero attached hydrogens (tertiary/aromatic N) is 2. The van der Waals surface area contributed by atoms with Crippen LogP contribution in [0.25, 0.3) is 0 Å². The smallest absolute Gasteiger partial charge is 0.419 e. The van der Waals surface area contributed by atoms with Crippen LogP contribution in [0.15, 0.2) is 18.2 Å². The van der Waals surface area contributed by atoms with Gasteiger partial charge in [0.15, 0.2) is 5.17 Å². The van der Waals surface area contributed by atoms with E-state index in [0.717, 1.165) is 23.5 Å². The number of likely N-dealkylation sites (tertiary alicyclic amines) is 1. The van der Waals surface area contributed by atoms with Crippen LogP contribution >= 0.6 is 11.8 Å². The van der Waals surface area contributed by atoms with Gasteiger partial charge in [-0.3, -0.25) is 30.2 Å². The van der Waals surface area contributed by atoms with Crippen molar-refractivity contribution < 1.29 is 32.6 Å². The lowest BCUT2D eigenvalue weighted by Crippen LogP contribution is -2.38. The number of halogens is 3. The molecule has 2 rings (SSSR count). The fourth-order valence-electron chi connectivity index (χ4n) is 3.45. The zero-order valence-corrected chi connectivity index (χ0v) is 19.7. The van der Waals surface area contributed by atoms with Gasteiger partial charge in [0.1, 0.15) is 17.4 Å². The molecular formula is C22H29F3N4O4S. The highest BCUT2D eigenvalue weighted by atomic mass is 32.2. The summed E-state index contributed by atoms with van der Waals surface area (Å²) in [6, 6.07) is 3.29. The summed E-state index contributed by atoms with van der Waals surface area (Å²) in [5.41, 5.74) is -1.06. The Morgan fingerprint density at radius 2 is 2.00 bits per heavy atom. The highest BCUT2D eigenvalue weighted by Gasteiger charge is 2.35. The largest absolute Gasteiger partial charge is 0.492 e. The van der Waals surface area contributed by atoms with E-state index in [-0.39, 0.29) is 34.0 Å². The van der Waals surface area contributed by atoms with Gasteiger partial charge in [0.25, 0.3) is 0 Å². The van der Waals surface area contributed by atoms with Crippen LogP contribution in [0.5, 0.6) is 5.75 Å². The molecule has 188 valence electrons. The Labute approximate surface area is 200 Å². The topological polar surface area (TPSA) is 118 Å². The van der Waals surface area contributed by atoms with Crippen LogP contribution in [-0.4, -0.2) is 70.3 Å². The molecule has 0 atom stereocenters. The van der Waals surface area contributed by atoms with Crippen molar-refractivity contribution in [2.45, 2.75) is 38.8 Å². The van der Waals surface area contributed by atoms with Crippen LogP contribution in [0.4, 0.5) is 13.2 Å². The normalized spacial score (nSPS) is 15.1. The van der Waals surface area contributed by atoms with Crippen molar-refractivity contribution in [1.29, 1.82) is 10.8 Å². The van der Waals surface area contributed by atoms with Gasteiger partial charge in [-0.2, -0.15) is 13.2 Å². The van der Waals surface area contributed by atoms with Crippen molar-refractivity contribution in [1.82, 2.24) is 9.80 Å². The van der Waals surface area contributed by atoms with Gasteiger partial charge in [0.2, 0.25) is 6.41 Å². The molecule has 1 saturated heterocycles. The zero-order chi connectivity index (χ0) is 25.3. The molecule has 0 unspecified atom stereocenters. The summed E-state index contributed by atoms with van der Waals surface area (Å²) in [6.45, 7) is 3.68. The van der Waals surface area contributed by atoms with E-state index in [9.17, 15) is 22.8 Å². The highest BCUT2D eigenvalue weighted by molar-refractivity contribution is 8.26. The molecule has 0 aromatic heterocycles. The Balaban J connectivity index is 2.01. The van der Waals surface area contributed by atoms with Crippen molar-refractivity contribution in [2.75, 3.05) is 32.8 Å². The number of carboxylic acid groups (broad SMARTS) is 1. The van der Waals surface area contributed by atoms with E-state index >= 15 is 0 Å². The number of rotatable bonds is 10. The first-order valence-electron chi connectivity index (χ1n) is 10.9. The van der Waals surface area contributed by atoms with Crippen LogP contribution in [0.1, 0.15) is 43.7 Å². The molecule has 0 radical (unpaired) electrons. The van der Waals surface area contributed by atoms with Gasteiger partial charge in [-0.05, 0) is 62.3 Å². The summed E-state index contributed by atoms with van der Waals surface area (Å²) in [7, 11) is 0. The minimum Gasteiger partial charge on any atom is -0.492 e. The number of nitrogens with one attached hydrogen (secondary N) is 2. The van der Waals surface area contributed by atoms with E-state index in [1.165, 1.54) is 6.07 Å². The van der Waals surface area contributed by atoms with Crippen LogP contribution < -0.4 is 4.74 Å². The highest BCUT2D eigenvalue weighted by Crippen LogP contribution is 2.37. The number of ether oxygens (including phenoxy) is 1. The number of carboxylic acids is 1. The molecule has 34 heavy (non-hydrogen) atoms. The molecule has 3 N–H and O–H groups in total. The Bertz CT molecular complexity index is 889. The molecule has 0 saturated carbocycles. The standard InChI is InChI=1S/C22H29F3N4O4S/c1-2-3-8-29(14-30)21(27)34-19(26)16-4-5-18(17(13-16)22(23,24)25)33-12-11-28-9-6-15(7-10-28)20(31)32/h4-5,13-15,26-27H,2-3,6-12H2,1H3,(H,31,32). The average Bonchev–Trinajstić information content (AvgIpc) is 2.79. The molecule has 1 heterocycles. The summed E-state index contributed by atoms with van der Waals surface area (Å²) >= 11 is 0.604. The van der Waals surface area contributed by atoms with Crippen molar-refractivity contribution >= 4 is 34.4 Å². The molecule has 0 spiro atoms. The van der Waals surface area contributed by atoms with Gasteiger partial charge in [0.05, 0.1) is 11.5 Å². The summed E-state index contributed by atoms with van der Waals surface area (Å²) in [4.78, 5) is 25.3. The number of benzene rings is 1. The van der Waals surface area contributed by atoms with Gasteiger partial charge in [-0.25, -0.2) is 0 Å². The number of thioether (sulfide) groups is 1. The van der Waals surface area contributed by atoms with Crippen molar-refractivity contribution in [3.8, 4) is 5.75 Å². The number of piperidine rings is 1. The first-order valence-corrected chi connectivity index (χ1v) is 11.7. The number of carbonyl (C=O) groups is 2. The lowest BCUT2D eigenvalue weighted by molar-refractivity contribution is -0.143. The molecule has 1 aromatic carbocycles. The molecule has 8 nitrogen and oxygen atoms in total. The third-order valence-corrected chi connectivity index (χ3v) is 6.36. The number of hydrogen-bond acceptors (Lipinski definition) is 7. The van der Waals surface area contributed by atoms with Crippen LogP contribution in [0.3, 0.4) is 0 Å². The maximum atomic E-state index is 13.7. The molecule has 0 aliphatic carbocycles. The summed E-state index contributed by atoms with van der Waals surface area (Å²) in [5.74, 6) is -1.58. The van der Waals surface area contributed by atoms with Gasteiger partial charge in [-0.15, -0.1) is 0 Å². The van der Waals surface area contributed by atoms with Gasteiger partial charge in [0, 0.05) is 18.7 Å². The molecule has 1 aromatic rings. The second-order valence-electron chi connectivity index (χ2n) is 7.90. The van der Waals surface area contributed by atoms with E-state index in [0.29, 0.717) is 63.6 Å². The van der Waals surface area contributed by atoms with E-state index < -0.39 is 17.7 Å². The number of amides is 1. The maximum absolute atomic E-state index is 13.7. The number of hydrogen-bond donors (Lipinski definition) is 3. The minimum absolute atomic E-state index is 0.00271. The number of alkyl halides is 3. The van der Waals surface area contributed by atoms with E-state index in [1.54, 1.807) is 0 Å². The van der Waals surface area contributed by atoms with Crippen molar-refractivity contribution in [2.24, 2.45) is 5.92 Å². The van der Waals surface area contributed by atoms with Gasteiger partial charge < -0.3 is 9.84 Å². The molecule has 1 aliphatic heterocycles. The minimum atomic E-state index is -4.71. The molecule has 1 fully saturated rings. The number of aliphatic carboxylic acids is 1. The maximum Gasteiger partial charge on any atom is 0.419 e. The predicted octanol–water partition coefficient (Wildman–Crippen LogP) is 4.13. The predicted molar refractivity (Wildman–Crippen MR) is 124 cm³/mol. The number of carbonyl (C=O) groups excluding carboxylic acids is 1. The van der Waals surface area contributed by atoms with Crippen LogP contribution in [0, 0.1) is 16.7 Å². The third-order valence-electron chi connectivity index (χ3n) is 5.49. The monoisotopic (exact) mass is 502 g/mol. The zero-order valence-electron chi connectivity index (χ0n) is 18.9. The SMILES string of the molecule is CCCCN(C=O)C(=N)SC(=N)c1ccc(OCCN2CCC(C(=O)O)CC2)c(C(F)(F)F)c1. The number of amidine groups is 1. The van der Waals surface area contributed by atoms with E-state index in [4.69, 9.17) is 20.7 Å². The quantitative estimate of drug-likeness (QED) is 0.252. The molecule has 12 heteroatoms. The third kappa shape index (κ3) is 8.01. The number of unbranched alkanes of at least 4 members (excludes halogenated alkanes) is 1. The Morgan fingerprint density at radius 3 is 2.56 bits per heavy atom. The van der Waals surface area contributed by atoms with Crippen molar-refractivity contribution in [3.05, 3.63) is 29.3 Å². The molecule has 1 aliphatic rings. The molecule has 1 amide bonds. The second-order valence-corrected chi connectivity index (χ2v) is 8.90. The average molecular weight is 503 g/mol. The van der Waals surface area contributed by atoms with E-state index in [2.05, 4.69) is 0 Å². The Hall–Kier alpha value is -2.60. The first kappa shape index (κ1) is 27.6. The fourth-order valence-corrected chi connectivity index (χ4v) is 4.14. The second kappa shape index (κ2) is 12.7. The van der Waals surface area contributed by atoms with Crippen LogP contribution in [-0.2, 0) is 15.8 Å². The van der Waals surface area contributed by atoms with Crippen LogP contribution in [0.2, 0.25) is 0 Å². The lowest BCUT2D eigenvalue weighted by Gasteiger charge is -2.29. The summed E-state index contributed by atoms with van der Waals surface area (Å²) in [5, 5.41) is 24.6. The Kier molecular flexibility index (Phi) is 10.4. The molecule has 0 bridgehead atoms. The Morgan fingerprint density at radius 1 is 1.32 bits per heavy atom. The first-order chi connectivity index (χ1) is 16.1. The van der Waals surface area contributed by atoms with Gasteiger partial charge >= 0.3 is 12.1 Å². The summed E-state index contributed by atoms with van der Waals surface area (Å²) < 4.78 is 46.4. The molecular weight excluding hydrogens is 473 g/mol. The van der Waals surface area contributed by atoms with E-state index in [1.807, 2.05) is 11.8 Å².